The van der Waals surface area contributed by atoms with Crippen molar-refractivity contribution in [1.29, 1.82) is 0 Å². The average molecular weight is 138 g/mol. The van der Waals surface area contributed by atoms with Crippen molar-refractivity contribution in [3.8, 4) is 0 Å². The molecular formula is C5H9ClFN. The van der Waals surface area contributed by atoms with Crippen molar-refractivity contribution in [2.75, 3.05) is 6.54 Å². The Balaban J connectivity index is 2.19. The van der Waals surface area contributed by atoms with E-state index in [2.05, 4.69) is 5.32 Å². The lowest BCUT2D eigenvalue weighted by molar-refractivity contribution is 0.257. The van der Waals surface area contributed by atoms with E-state index in [-0.39, 0.29) is 5.50 Å². The van der Waals surface area contributed by atoms with Crippen molar-refractivity contribution in [2.45, 2.75) is 24.5 Å². The van der Waals surface area contributed by atoms with Gasteiger partial charge in [0.15, 0.2) is 0 Å². The minimum Gasteiger partial charge on any atom is -0.298 e. The van der Waals surface area contributed by atoms with E-state index >= 15 is 0 Å². The van der Waals surface area contributed by atoms with Gasteiger partial charge in [-0.25, -0.2) is 4.39 Å². The number of halogens is 2. The van der Waals surface area contributed by atoms with Crippen molar-refractivity contribution in [2.24, 2.45) is 0 Å². The first-order valence-corrected chi connectivity index (χ1v) is 3.24. The van der Waals surface area contributed by atoms with Crippen LogP contribution in [0.25, 0.3) is 0 Å². The van der Waals surface area contributed by atoms with E-state index in [1.165, 1.54) is 0 Å². The normalized spacial score (nSPS) is 39.8. The molecule has 1 rings (SSSR count). The van der Waals surface area contributed by atoms with Gasteiger partial charge in [0.25, 0.3) is 0 Å². The van der Waals surface area contributed by atoms with E-state index in [0.29, 0.717) is 13.0 Å². The molecule has 8 heavy (non-hydrogen) atoms. The fraction of sp³-hybridized carbons (Fsp3) is 1.00. The van der Waals surface area contributed by atoms with Crippen LogP contribution in [0.5, 0.6) is 0 Å². The maximum absolute atomic E-state index is 12.2. The number of nitrogens with one attached hydrogen (secondary N) is 1. The number of alkyl halides is 2. The van der Waals surface area contributed by atoms with E-state index in [4.69, 9.17) is 11.6 Å². The molecule has 0 bridgehead atoms. The molecule has 0 aliphatic carbocycles. The third-order valence-corrected chi connectivity index (χ3v) is 1.67. The minimum absolute atomic E-state index is 0.00185. The summed E-state index contributed by atoms with van der Waals surface area (Å²) in [7, 11) is 0. The highest BCUT2D eigenvalue weighted by Crippen LogP contribution is 2.12. The smallest absolute Gasteiger partial charge is 0.113 e. The van der Waals surface area contributed by atoms with Gasteiger partial charge in [-0.15, -0.1) is 11.6 Å². The Hall–Kier alpha value is 0.180. The number of hydrogen-bond acceptors (Lipinski definition) is 1. The van der Waals surface area contributed by atoms with E-state index < -0.39 is 6.17 Å². The maximum atomic E-state index is 12.2. The van der Waals surface area contributed by atoms with Gasteiger partial charge in [-0.2, -0.15) is 0 Å². The van der Waals surface area contributed by atoms with Crippen LogP contribution < -0.4 is 5.32 Å². The molecule has 0 spiro atoms. The SMILES string of the molecule is FC1CCC(Cl)NC1. The summed E-state index contributed by atoms with van der Waals surface area (Å²) in [5.41, 5.74) is 0.00185. The van der Waals surface area contributed by atoms with Crippen LogP contribution >= 0.6 is 11.6 Å². The van der Waals surface area contributed by atoms with Crippen molar-refractivity contribution in [3.63, 3.8) is 0 Å². The summed E-state index contributed by atoms with van der Waals surface area (Å²) in [6.45, 7) is 0.425. The van der Waals surface area contributed by atoms with Crippen molar-refractivity contribution in [1.82, 2.24) is 5.32 Å². The molecule has 0 aromatic heterocycles. The summed E-state index contributed by atoms with van der Waals surface area (Å²) in [5.74, 6) is 0. The predicted octanol–water partition coefficient (Wildman–Crippen LogP) is 1.27. The number of rotatable bonds is 0. The lowest BCUT2D eigenvalue weighted by atomic mass is 10.1. The summed E-state index contributed by atoms with van der Waals surface area (Å²) >= 11 is 5.60. The van der Waals surface area contributed by atoms with Crippen LogP contribution in [-0.2, 0) is 0 Å². The predicted molar refractivity (Wildman–Crippen MR) is 31.8 cm³/mol. The summed E-state index contributed by atoms with van der Waals surface area (Å²) in [5, 5.41) is 2.82. The molecule has 1 nitrogen and oxygen atoms in total. The number of hydrogen-bond donors (Lipinski definition) is 1. The van der Waals surface area contributed by atoms with Crippen molar-refractivity contribution >= 4 is 11.6 Å². The molecule has 48 valence electrons. The molecule has 0 radical (unpaired) electrons. The third-order valence-electron chi connectivity index (χ3n) is 1.29. The van der Waals surface area contributed by atoms with Gasteiger partial charge in [-0.05, 0) is 12.8 Å². The summed E-state index contributed by atoms with van der Waals surface area (Å²) in [6.07, 6.45) is 0.689. The quantitative estimate of drug-likeness (QED) is 0.392. The zero-order chi connectivity index (χ0) is 5.98. The molecule has 1 N–H and O–H groups in total. The lowest BCUT2D eigenvalue weighted by Gasteiger charge is -2.20. The highest BCUT2D eigenvalue weighted by Gasteiger charge is 2.16. The Morgan fingerprint density at radius 3 is 2.62 bits per heavy atom. The Labute approximate surface area is 53.2 Å². The van der Waals surface area contributed by atoms with Gasteiger partial charge in [0.2, 0.25) is 0 Å². The van der Waals surface area contributed by atoms with Gasteiger partial charge < -0.3 is 0 Å². The van der Waals surface area contributed by atoms with Gasteiger partial charge in [0.05, 0.1) is 5.50 Å². The Morgan fingerprint density at radius 1 is 1.50 bits per heavy atom. The van der Waals surface area contributed by atoms with Crippen molar-refractivity contribution < 1.29 is 4.39 Å². The molecule has 1 aliphatic rings. The first-order chi connectivity index (χ1) is 3.79. The molecule has 0 aromatic carbocycles. The molecular weight excluding hydrogens is 129 g/mol. The maximum Gasteiger partial charge on any atom is 0.113 e. The Morgan fingerprint density at radius 2 is 2.25 bits per heavy atom. The van der Waals surface area contributed by atoms with Crippen LogP contribution in [0, 0.1) is 0 Å². The average Bonchev–Trinajstić information content (AvgIpc) is 1.77. The Kier molecular flexibility index (Phi) is 2.08. The van der Waals surface area contributed by atoms with Crippen LogP contribution in [0.3, 0.4) is 0 Å². The summed E-state index contributed by atoms with van der Waals surface area (Å²) in [4.78, 5) is 0. The van der Waals surface area contributed by atoms with Crippen LogP contribution in [-0.4, -0.2) is 18.2 Å². The van der Waals surface area contributed by atoms with E-state index in [0.717, 1.165) is 6.42 Å². The summed E-state index contributed by atoms with van der Waals surface area (Å²) < 4.78 is 12.2. The molecule has 2 unspecified atom stereocenters. The third kappa shape index (κ3) is 1.60. The van der Waals surface area contributed by atoms with Crippen LogP contribution in [0.2, 0.25) is 0 Å². The van der Waals surface area contributed by atoms with Gasteiger partial charge in [0.1, 0.15) is 6.17 Å². The molecule has 3 heteroatoms. The molecule has 1 aliphatic heterocycles. The fourth-order valence-corrected chi connectivity index (χ4v) is 1.00. The number of piperidine rings is 1. The highest BCUT2D eigenvalue weighted by molar-refractivity contribution is 6.20. The van der Waals surface area contributed by atoms with E-state index in [9.17, 15) is 4.39 Å². The van der Waals surface area contributed by atoms with Crippen LogP contribution in [0.1, 0.15) is 12.8 Å². The lowest BCUT2D eigenvalue weighted by Crippen LogP contribution is -2.36. The molecule has 1 heterocycles. The van der Waals surface area contributed by atoms with Gasteiger partial charge >= 0.3 is 0 Å². The summed E-state index contributed by atoms with van der Waals surface area (Å²) in [6, 6.07) is 0. The second kappa shape index (κ2) is 2.65. The molecule has 1 fully saturated rings. The van der Waals surface area contributed by atoms with E-state index in [1.54, 1.807) is 0 Å². The molecule has 0 saturated carbocycles. The van der Waals surface area contributed by atoms with Crippen molar-refractivity contribution in [3.05, 3.63) is 0 Å². The molecule has 1 saturated heterocycles. The van der Waals surface area contributed by atoms with Crippen LogP contribution in [0.15, 0.2) is 0 Å². The minimum atomic E-state index is -0.676. The van der Waals surface area contributed by atoms with E-state index in [1.807, 2.05) is 0 Å². The monoisotopic (exact) mass is 137 g/mol. The first-order valence-electron chi connectivity index (χ1n) is 2.80. The standard InChI is InChI=1S/C5H9ClFN/c6-5-2-1-4(7)3-8-5/h4-5,8H,1-3H2. The highest BCUT2D eigenvalue weighted by atomic mass is 35.5. The molecule has 0 amide bonds. The van der Waals surface area contributed by atoms with Gasteiger partial charge in [-0.3, -0.25) is 5.32 Å². The molecule has 0 aromatic rings. The molecule has 2 atom stereocenters. The largest absolute Gasteiger partial charge is 0.298 e. The zero-order valence-electron chi connectivity index (χ0n) is 4.53. The second-order valence-corrected chi connectivity index (χ2v) is 2.58. The topological polar surface area (TPSA) is 12.0 Å². The van der Waals surface area contributed by atoms with Gasteiger partial charge in [0, 0.05) is 6.54 Å². The zero-order valence-corrected chi connectivity index (χ0v) is 5.29. The fourth-order valence-electron chi connectivity index (χ4n) is 0.787. The Bertz CT molecular complexity index is 60.8. The second-order valence-electron chi connectivity index (χ2n) is 2.05. The first kappa shape index (κ1) is 6.30. The van der Waals surface area contributed by atoms with Gasteiger partial charge in [-0.1, -0.05) is 0 Å². The van der Waals surface area contributed by atoms with Crippen LogP contribution in [0.4, 0.5) is 4.39 Å².